The zero-order valence-electron chi connectivity index (χ0n) is 25.4. The van der Waals surface area contributed by atoms with Crippen LogP contribution in [-0.4, -0.2) is 26.2 Å². The Hall–Kier alpha value is -2.73. The number of hydrogen-bond acceptors (Lipinski definition) is 4. The highest BCUT2D eigenvalue weighted by atomic mass is 32.2. The molecule has 2 aromatic heterocycles. The van der Waals surface area contributed by atoms with Crippen LogP contribution >= 0.6 is 0 Å². The number of imidazole rings is 1. The molecule has 1 unspecified atom stereocenters. The minimum absolute atomic E-state index is 0.0145. The molecule has 3 aromatic rings. The van der Waals surface area contributed by atoms with E-state index in [-0.39, 0.29) is 33.6 Å². The van der Waals surface area contributed by atoms with Crippen LogP contribution in [0.1, 0.15) is 39.2 Å². The fourth-order valence-corrected chi connectivity index (χ4v) is 3.17. The lowest BCUT2D eigenvalue weighted by Gasteiger charge is -2.08. The van der Waals surface area contributed by atoms with Crippen molar-refractivity contribution in [1.82, 2.24) is 15.0 Å². The third kappa shape index (κ3) is 3.08. The minimum atomic E-state index is -2.82. The average molecular weight is 378 g/mol. The van der Waals surface area contributed by atoms with Gasteiger partial charge in [-0.15, -0.1) is 0 Å². The summed E-state index contributed by atoms with van der Waals surface area (Å²) in [5, 5.41) is -0.496. The van der Waals surface area contributed by atoms with Crippen molar-refractivity contribution in [2.75, 3.05) is 7.04 Å². The third-order valence-corrected chi connectivity index (χ3v) is 4.59. The summed E-state index contributed by atoms with van der Waals surface area (Å²) in [4.78, 5) is 10.5. The molecule has 0 bridgehead atoms. The molecule has 0 spiro atoms. The second kappa shape index (κ2) is 6.88. The number of nitrogens with one attached hydrogen (secondary N) is 1. The van der Waals surface area contributed by atoms with Gasteiger partial charge >= 0.3 is 0 Å². The van der Waals surface area contributed by atoms with E-state index in [9.17, 15) is 4.21 Å². The number of hydrogen-bond donors (Lipinski definition) is 1. The number of pyridine rings is 1. The number of nitrogens with zero attached hydrogens (tertiary/aromatic N) is 2. The number of methoxy groups -OCH3 is 1. The lowest BCUT2D eigenvalue weighted by Crippen LogP contribution is -2.03. The van der Waals surface area contributed by atoms with E-state index in [0.29, 0.717) is 0 Å². The quantitative estimate of drug-likeness (QED) is 0.734. The van der Waals surface area contributed by atoms with E-state index < -0.39 is 77.0 Å². The predicted molar refractivity (Wildman–Crippen MR) is 103 cm³/mol. The Bertz CT molecular complexity index is 1550. The van der Waals surface area contributed by atoms with Crippen molar-refractivity contribution in [1.29, 1.82) is 0 Å². The number of H-pyrrole nitrogens is 1. The molecule has 0 saturated heterocycles. The van der Waals surface area contributed by atoms with Gasteiger partial charge in [0.15, 0.2) is 5.16 Å². The predicted octanol–water partition coefficient (Wildman–Crippen LogP) is 3.79. The van der Waals surface area contributed by atoms with Crippen LogP contribution in [0, 0.1) is 6.92 Å². The summed E-state index contributed by atoms with van der Waals surface area (Å²) in [5.41, 5.74) is -3.90. The topological polar surface area (TPSA) is 67.9 Å². The third-order valence-electron chi connectivity index (χ3n) is 3.67. The molecule has 132 valence electrons. The van der Waals surface area contributed by atoms with E-state index in [4.69, 9.17) is 21.2 Å². The molecule has 4 rings (SSSR count). The molecule has 1 aliphatic carbocycles. The van der Waals surface area contributed by atoms with Gasteiger partial charge in [-0.2, -0.15) is 0 Å². The smallest absolute Gasteiger partial charge is 0.197 e. The van der Waals surface area contributed by atoms with Gasteiger partial charge in [0.25, 0.3) is 0 Å². The van der Waals surface area contributed by atoms with Gasteiger partial charge in [0.05, 0.1) is 54.0 Å². The highest BCUT2D eigenvalue weighted by Crippen LogP contribution is 2.26. The zero-order valence-corrected chi connectivity index (χ0v) is 14.2. The van der Waals surface area contributed by atoms with Crippen LogP contribution in [0.2, 0.25) is 0 Å². The Morgan fingerprint density at radius 2 is 2.27 bits per heavy atom. The molecule has 0 aliphatic heterocycles. The molecule has 0 fully saturated rings. The molecule has 5 nitrogen and oxygen atoms in total. The maximum atomic E-state index is 13.4. The summed E-state index contributed by atoms with van der Waals surface area (Å²) in [6.07, 6.45) is 1.10. The molecule has 2 heterocycles. The number of benzene rings is 1. The first-order valence-corrected chi connectivity index (χ1v) is 8.55. The summed E-state index contributed by atoms with van der Waals surface area (Å²) in [6, 6.07) is -2.36. The van der Waals surface area contributed by atoms with Gasteiger partial charge < -0.3 is 9.72 Å². The molecule has 1 N–H and O–H groups in total. The average Bonchev–Trinajstić information content (AvgIpc) is 3.35. The largest absolute Gasteiger partial charge is 0.496 e. The van der Waals surface area contributed by atoms with Gasteiger partial charge in [-0.1, -0.05) is 30.3 Å². The van der Waals surface area contributed by atoms with Crippen LogP contribution in [0.4, 0.5) is 0 Å². The fraction of sp³-hybridized carbons (Fsp3) is 0.200. The van der Waals surface area contributed by atoms with Crippen LogP contribution in [0.3, 0.4) is 0 Å². The van der Waals surface area contributed by atoms with Gasteiger partial charge in [-0.3, -0.25) is 9.19 Å². The van der Waals surface area contributed by atoms with Crippen LogP contribution in [0.5, 0.6) is 5.75 Å². The Labute approximate surface area is 171 Å². The minimum Gasteiger partial charge on any atom is -0.496 e. The first kappa shape index (κ1) is 7.88. The molecular formula is C20H19N3O2S. The van der Waals surface area contributed by atoms with Crippen LogP contribution in [-0.2, 0) is 16.5 Å². The number of rotatable bonds is 5. The maximum absolute atomic E-state index is 13.4. The highest BCUT2D eigenvalue weighted by Gasteiger charge is 2.16. The Kier molecular flexibility index (Phi) is 2.08. The summed E-state index contributed by atoms with van der Waals surface area (Å²) in [6.45, 7) is 1.35. The molecule has 1 aromatic carbocycles. The molecule has 0 amide bonds. The van der Waals surface area contributed by atoms with E-state index in [0.717, 1.165) is 6.20 Å². The molecule has 1 atom stereocenters. The summed E-state index contributed by atoms with van der Waals surface area (Å²) >= 11 is 0. The fourth-order valence-electron chi connectivity index (χ4n) is 2.32. The number of aromatic nitrogens is 3. The lowest BCUT2D eigenvalue weighted by atomic mass is 10.0. The molecule has 0 saturated carbocycles. The van der Waals surface area contributed by atoms with E-state index in [1.807, 2.05) is 0 Å². The second-order valence-electron chi connectivity index (χ2n) is 5.28. The van der Waals surface area contributed by atoms with Crippen molar-refractivity contribution < 1.29 is 25.4 Å². The maximum Gasteiger partial charge on any atom is 0.197 e. The highest BCUT2D eigenvalue weighted by molar-refractivity contribution is 7.84. The summed E-state index contributed by atoms with van der Waals surface area (Å²) in [5.74, 6) is -1.58. The monoisotopic (exact) mass is 377 g/mol. The normalized spacial score (nSPS) is 24.2. The molecule has 26 heavy (non-hydrogen) atoms. The van der Waals surface area contributed by atoms with Gasteiger partial charge in [0.1, 0.15) is 5.75 Å². The Morgan fingerprint density at radius 1 is 1.42 bits per heavy atom. The first-order valence-electron chi connectivity index (χ1n) is 13.4. The number of aromatic amines is 1. The standard InChI is InChI=1S/C20H19N3O2S/c1-13-18(21-10-9-19(13)25-2)12-26(24)20-22-16-8-7-15(11-17(16)23-20)14-5-3-4-6-14/h3-11,14H,12H2,1-2H3,(H,22,23)/i2D3,3D,4D,5D,6D,7D,8D,11D,12D2. The van der Waals surface area contributed by atoms with E-state index in [1.54, 1.807) is 0 Å². The molecule has 1 aliphatic rings. The summed E-state index contributed by atoms with van der Waals surface area (Å²) < 4.78 is 114. The van der Waals surface area contributed by atoms with Gasteiger partial charge in [0.2, 0.25) is 0 Å². The van der Waals surface area contributed by atoms with Gasteiger partial charge in [-0.25, -0.2) is 4.98 Å². The number of ether oxygens (including phenoxy) is 1. The molecule has 0 radical (unpaired) electrons. The van der Waals surface area contributed by atoms with E-state index in [1.165, 1.54) is 13.0 Å². The lowest BCUT2D eigenvalue weighted by molar-refractivity contribution is 0.410. The molecule has 6 heteroatoms. The van der Waals surface area contributed by atoms with Crippen molar-refractivity contribution in [3.63, 3.8) is 0 Å². The van der Waals surface area contributed by atoms with Crippen molar-refractivity contribution in [3.05, 3.63) is 71.4 Å². The summed E-state index contributed by atoms with van der Waals surface area (Å²) in [7, 11) is -5.47. The van der Waals surface area contributed by atoms with Crippen LogP contribution in [0.25, 0.3) is 11.0 Å². The second-order valence-corrected chi connectivity index (χ2v) is 6.41. The van der Waals surface area contributed by atoms with Crippen molar-refractivity contribution in [3.8, 4) is 5.75 Å². The van der Waals surface area contributed by atoms with Crippen molar-refractivity contribution in [2.45, 2.75) is 23.7 Å². The van der Waals surface area contributed by atoms with Gasteiger partial charge in [0, 0.05) is 20.4 Å². The first-order chi connectivity index (χ1) is 17.5. The van der Waals surface area contributed by atoms with Crippen LogP contribution in [0.15, 0.2) is 59.8 Å². The molecular weight excluding hydrogens is 346 g/mol. The van der Waals surface area contributed by atoms with Crippen molar-refractivity contribution >= 4 is 21.8 Å². The van der Waals surface area contributed by atoms with Crippen molar-refractivity contribution in [2.24, 2.45) is 0 Å². The van der Waals surface area contributed by atoms with Crippen LogP contribution < -0.4 is 4.74 Å². The number of fused-ring (bicyclic) bond motifs is 1. The van der Waals surface area contributed by atoms with E-state index in [2.05, 4.69) is 15.0 Å². The SMILES string of the molecule is [2H]C1=C([2H])C(c2c([2H])c([2H])c3nc(S(=O)C([2H])([2H])c4nccc(OC([2H])([2H])[2H])c4C)[nH]c3c2[2H])C([2H])=C1[2H]. The van der Waals surface area contributed by atoms with Gasteiger partial charge in [-0.05, 0) is 30.6 Å². The number of allylic oxidation sites excluding steroid dienone is 4. The Balaban J connectivity index is 1.84. The zero-order chi connectivity index (χ0) is 28.5. The van der Waals surface area contributed by atoms with E-state index >= 15 is 0 Å². The Morgan fingerprint density at radius 3 is 3.08 bits per heavy atom.